The molecule has 1 N–H and O–H groups in total. The predicted octanol–water partition coefficient (Wildman–Crippen LogP) is 5.62. The van der Waals surface area contributed by atoms with E-state index in [1.165, 1.54) is 6.21 Å². The summed E-state index contributed by atoms with van der Waals surface area (Å²) in [5, 5.41) is 5.26. The SMILES string of the molecule is CCOc1cc(C=Nn2c(=O)[nH]c3ccccc3c2=O)c(Br)c(Cl)c1OCc1ccccc1Cl. The predicted molar refractivity (Wildman–Crippen MR) is 138 cm³/mol. The van der Waals surface area contributed by atoms with Crippen LogP contribution in [0.25, 0.3) is 10.9 Å². The Morgan fingerprint density at radius 2 is 1.82 bits per heavy atom. The van der Waals surface area contributed by atoms with E-state index in [2.05, 4.69) is 26.0 Å². The van der Waals surface area contributed by atoms with Crippen LogP contribution in [0.2, 0.25) is 10.0 Å². The summed E-state index contributed by atoms with van der Waals surface area (Å²) in [5.74, 6) is 0.706. The number of fused-ring (bicyclic) bond motifs is 1. The number of halogens is 3. The highest BCUT2D eigenvalue weighted by atomic mass is 79.9. The molecule has 0 atom stereocenters. The second-order valence-corrected chi connectivity index (χ2v) is 8.65. The molecule has 0 aliphatic carbocycles. The summed E-state index contributed by atoms with van der Waals surface area (Å²) in [6, 6.07) is 15.7. The van der Waals surface area contributed by atoms with E-state index in [0.29, 0.717) is 44.1 Å². The summed E-state index contributed by atoms with van der Waals surface area (Å²) >= 11 is 16.3. The summed E-state index contributed by atoms with van der Waals surface area (Å²) in [6.07, 6.45) is 1.35. The Bertz CT molecular complexity index is 1510. The van der Waals surface area contributed by atoms with Crippen molar-refractivity contribution in [2.45, 2.75) is 13.5 Å². The van der Waals surface area contributed by atoms with Gasteiger partial charge in [0.2, 0.25) is 0 Å². The molecular formula is C24H18BrCl2N3O4. The summed E-state index contributed by atoms with van der Waals surface area (Å²) in [4.78, 5) is 27.8. The molecule has 0 spiro atoms. The van der Waals surface area contributed by atoms with Gasteiger partial charge < -0.3 is 14.5 Å². The lowest BCUT2D eigenvalue weighted by Crippen LogP contribution is -2.32. The number of para-hydroxylation sites is 1. The number of hydrogen-bond donors (Lipinski definition) is 1. The third-order valence-electron chi connectivity index (χ3n) is 4.88. The van der Waals surface area contributed by atoms with Gasteiger partial charge in [-0.1, -0.05) is 53.5 Å². The largest absolute Gasteiger partial charge is 0.490 e. The monoisotopic (exact) mass is 561 g/mol. The lowest BCUT2D eigenvalue weighted by Gasteiger charge is -2.16. The van der Waals surface area contributed by atoms with Crippen molar-refractivity contribution in [3.63, 3.8) is 0 Å². The maximum atomic E-state index is 12.7. The van der Waals surface area contributed by atoms with Crippen molar-refractivity contribution < 1.29 is 9.47 Å². The molecular weight excluding hydrogens is 545 g/mol. The van der Waals surface area contributed by atoms with Crippen LogP contribution in [0.15, 0.2) is 73.8 Å². The van der Waals surface area contributed by atoms with Crippen LogP contribution in [-0.2, 0) is 6.61 Å². The maximum Gasteiger partial charge on any atom is 0.349 e. The van der Waals surface area contributed by atoms with Gasteiger partial charge >= 0.3 is 5.69 Å². The Morgan fingerprint density at radius 1 is 1.09 bits per heavy atom. The first-order chi connectivity index (χ1) is 16.4. The molecule has 0 unspecified atom stereocenters. The van der Waals surface area contributed by atoms with E-state index < -0.39 is 11.2 Å². The molecule has 7 nitrogen and oxygen atoms in total. The van der Waals surface area contributed by atoms with E-state index >= 15 is 0 Å². The van der Waals surface area contributed by atoms with Gasteiger partial charge in [0.25, 0.3) is 5.56 Å². The zero-order valence-corrected chi connectivity index (χ0v) is 20.9. The molecule has 174 valence electrons. The Kier molecular flexibility index (Phi) is 7.41. The zero-order valence-electron chi connectivity index (χ0n) is 17.8. The number of aromatic nitrogens is 2. The Morgan fingerprint density at radius 3 is 2.59 bits per heavy atom. The van der Waals surface area contributed by atoms with Gasteiger partial charge in [0.15, 0.2) is 11.5 Å². The van der Waals surface area contributed by atoms with E-state index in [1.807, 2.05) is 25.1 Å². The highest BCUT2D eigenvalue weighted by Gasteiger charge is 2.18. The number of nitrogens with one attached hydrogen (secondary N) is 1. The number of nitrogens with zero attached hydrogens (tertiary/aromatic N) is 2. The zero-order chi connectivity index (χ0) is 24.2. The van der Waals surface area contributed by atoms with Crippen LogP contribution < -0.4 is 20.7 Å². The molecule has 3 aromatic carbocycles. The Hall–Kier alpha value is -3.07. The molecule has 0 radical (unpaired) electrons. The van der Waals surface area contributed by atoms with Gasteiger partial charge in [-0.2, -0.15) is 5.10 Å². The first-order valence-electron chi connectivity index (χ1n) is 10.2. The lowest BCUT2D eigenvalue weighted by molar-refractivity contribution is 0.269. The maximum absolute atomic E-state index is 12.7. The van der Waals surface area contributed by atoms with Crippen LogP contribution in [0.5, 0.6) is 11.5 Å². The quantitative estimate of drug-likeness (QED) is 0.296. The average Bonchev–Trinajstić information content (AvgIpc) is 2.83. The fourth-order valence-corrected chi connectivity index (χ4v) is 4.08. The van der Waals surface area contributed by atoms with E-state index in [-0.39, 0.29) is 11.6 Å². The summed E-state index contributed by atoms with van der Waals surface area (Å²) in [7, 11) is 0. The van der Waals surface area contributed by atoms with Crippen molar-refractivity contribution >= 4 is 56.2 Å². The Balaban J connectivity index is 1.72. The molecule has 1 heterocycles. The van der Waals surface area contributed by atoms with Crippen molar-refractivity contribution in [3.05, 3.63) is 101 Å². The van der Waals surface area contributed by atoms with E-state index in [1.54, 1.807) is 36.4 Å². The van der Waals surface area contributed by atoms with Crippen molar-refractivity contribution in [1.82, 2.24) is 9.66 Å². The van der Waals surface area contributed by atoms with Crippen LogP contribution >= 0.6 is 39.1 Å². The molecule has 0 saturated heterocycles. The van der Waals surface area contributed by atoms with Gasteiger partial charge in [-0.25, -0.2) is 4.79 Å². The third-order valence-corrected chi connectivity index (χ3v) is 6.69. The lowest BCUT2D eigenvalue weighted by atomic mass is 10.2. The molecule has 4 rings (SSSR count). The summed E-state index contributed by atoms with van der Waals surface area (Å²) in [5.41, 5.74) is 0.513. The molecule has 0 aliphatic heterocycles. The number of H-pyrrole nitrogens is 1. The molecule has 34 heavy (non-hydrogen) atoms. The van der Waals surface area contributed by atoms with Crippen molar-refractivity contribution in [2.75, 3.05) is 6.61 Å². The van der Waals surface area contributed by atoms with Crippen LogP contribution in [0.4, 0.5) is 0 Å². The van der Waals surface area contributed by atoms with Gasteiger partial charge in [-0.05, 0) is 47.1 Å². The van der Waals surface area contributed by atoms with E-state index in [9.17, 15) is 9.59 Å². The highest BCUT2D eigenvalue weighted by Crippen LogP contribution is 2.42. The van der Waals surface area contributed by atoms with Crippen LogP contribution in [-0.4, -0.2) is 22.5 Å². The minimum absolute atomic E-state index is 0.182. The Labute approximate surface area is 212 Å². The topological polar surface area (TPSA) is 85.7 Å². The third kappa shape index (κ3) is 4.89. The van der Waals surface area contributed by atoms with E-state index in [4.69, 9.17) is 32.7 Å². The summed E-state index contributed by atoms with van der Waals surface area (Å²) in [6.45, 7) is 2.37. The fraction of sp³-hybridized carbons (Fsp3) is 0.125. The van der Waals surface area contributed by atoms with Gasteiger partial charge in [0.1, 0.15) is 11.6 Å². The van der Waals surface area contributed by atoms with Crippen molar-refractivity contribution in [3.8, 4) is 11.5 Å². The first kappa shape index (κ1) is 24.1. The molecule has 0 amide bonds. The molecule has 0 aliphatic rings. The second-order valence-electron chi connectivity index (χ2n) is 7.07. The van der Waals surface area contributed by atoms with Crippen LogP contribution in [0.3, 0.4) is 0 Å². The van der Waals surface area contributed by atoms with Gasteiger partial charge in [-0.15, -0.1) is 4.68 Å². The minimum Gasteiger partial charge on any atom is -0.490 e. The fourth-order valence-electron chi connectivity index (χ4n) is 3.24. The van der Waals surface area contributed by atoms with Crippen LogP contribution in [0.1, 0.15) is 18.1 Å². The summed E-state index contributed by atoms with van der Waals surface area (Å²) < 4.78 is 12.9. The van der Waals surface area contributed by atoms with Gasteiger partial charge in [-0.3, -0.25) is 4.79 Å². The van der Waals surface area contributed by atoms with Gasteiger partial charge in [0.05, 0.1) is 23.7 Å². The van der Waals surface area contributed by atoms with E-state index in [0.717, 1.165) is 10.2 Å². The van der Waals surface area contributed by atoms with Crippen molar-refractivity contribution in [2.24, 2.45) is 5.10 Å². The number of benzene rings is 3. The molecule has 0 saturated carbocycles. The minimum atomic E-state index is -0.660. The molecule has 4 aromatic rings. The number of hydrogen-bond acceptors (Lipinski definition) is 5. The van der Waals surface area contributed by atoms with Gasteiger partial charge in [0, 0.05) is 20.6 Å². The molecule has 10 heteroatoms. The second kappa shape index (κ2) is 10.5. The molecule has 0 bridgehead atoms. The normalized spacial score (nSPS) is 11.3. The first-order valence-corrected chi connectivity index (χ1v) is 11.7. The standard InChI is InChI=1S/C24H18BrCl2N3O4/c1-2-33-19-11-15(12-28-30-23(31)16-8-4-6-10-18(16)29-24(30)32)20(25)21(27)22(19)34-13-14-7-3-5-9-17(14)26/h3-12H,2,13H2,1H3,(H,29,32). The van der Waals surface area contributed by atoms with Crippen molar-refractivity contribution in [1.29, 1.82) is 0 Å². The smallest absolute Gasteiger partial charge is 0.349 e. The average molecular weight is 563 g/mol. The molecule has 1 aromatic heterocycles. The van der Waals surface area contributed by atoms with Crippen LogP contribution in [0, 0.1) is 0 Å². The number of ether oxygens (including phenoxy) is 2. The highest BCUT2D eigenvalue weighted by molar-refractivity contribution is 9.10. The molecule has 0 fully saturated rings. The number of aromatic amines is 1. The number of rotatable bonds is 7.